The number of benzene rings is 1. The lowest BCUT2D eigenvalue weighted by Gasteiger charge is -2.24. The summed E-state index contributed by atoms with van der Waals surface area (Å²) in [7, 11) is 0. The first-order valence-electron chi connectivity index (χ1n) is 7.02. The van der Waals surface area contributed by atoms with Crippen molar-refractivity contribution in [3.63, 3.8) is 0 Å². The number of hydrogen-bond donors (Lipinski definition) is 2. The number of aromatic amines is 1. The van der Waals surface area contributed by atoms with Gasteiger partial charge in [0.15, 0.2) is 0 Å². The number of rotatable bonds is 2. The van der Waals surface area contributed by atoms with Gasteiger partial charge >= 0.3 is 0 Å². The van der Waals surface area contributed by atoms with Crippen LogP contribution in [0.15, 0.2) is 40.7 Å². The molecule has 0 unspecified atom stereocenters. The van der Waals surface area contributed by atoms with Crippen LogP contribution < -0.4 is 5.32 Å². The summed E-state index contributed by atoms with van der Waals surface area (Å²) < 4.78 is 0. The molecule has 1 aromatic heterocycles. The third-order valence-corrected chi connectivity index (χ3v) is 4.03. The maximum atomic E-state index is 11.0. The van der Waals surface area contributed by atoms with Crippen molar-refractivity contribution in [3.8, 4) is 12.1 Å². The molecular weight excluding hydrogens is 290 g/mol. The lowest BCUT2D eigenvalue weighted by molar-refractivity contribution is 0.112. The maximum absolute atomic E-state index is 11.0. The van der Waals surface area contributed by atoms with Crippen LogP contribution >= 0.6 is 0 Å². The fourth-order valence-corrected chi connectivity index (χ4v) is 2.91. The van der Waals surface area contributed by atoms with Crippen molar-refractivity contribution < 1.29 is 4.79 Å². The van der Waals surface area contributed by atoms with Crippen molar-refractivity contribution >= 4 is 17.2 Å². The van der Waals surface area contributed by atoms with Crippen LogP contribution in [0.3, 0.4) is 0 Å². The van der Waals surface area contributed by atoms with E-state index in [1.165, 1.54) is 0 Å². The highest BCUT2D eigenvalue weighted by atomic mass is 16.1. The maximum Gasteiger partial charge on any atom is 0.150 e. The van der Waals surface area contributed by atoms with E-state index in [1.807, 2.05) is 0 Å². The number of nitriles is 2. The summed E-state index contributed by atoms with van der Waals surface area (Å²) >= 11 is 0. The number of aromatic nitrogens is 2. The second-order valence-corrected chi connectivity index (χ2v) is 5.39. The number of allylic oxidation sites excluding steroid dienone is 4. The van der Waals surface area contributed by atoms with Crippen LogP contribution in [0, 0.1) is 22.7 Å². The zero-order chi connectivity index (χ0) is 16.6. The second kappa shape index (κ2) is 5.43. The van der Waals surface area contributed by atoms with Crippen LogP contribution in [0.1, 0.15) is 35.8 Å². The Hall–Kier alpha value is -3.38. The van der Waals surface area contributed by atoms with Crippen LogP contribution in [-0.4, -0.2) is 16.5 Å². The first-order valence-corrected chi connectivity index (χ1v) is 7.02. The van der Waals surface area contributed by atoms with E-state index >= 15 is 0 Å². The Morgan fingerprint density at radius 1 is 1.17 bits per heavy atom. The molecule has 2 aromatic rings. The zero-order valence-corrected chi connectivity index (χ0v) is 12.6. The molecule has 0 atom stereocenters. The quantitative estimate of drug-likeness (QED) is 0.830. The Morgan fingerprint density at radius 2 is 1.83 bits per heavy atom. The molecular formula is C17H13N5O. The Morgan fingerprint density at radius 3 is 2.39 bits per heavy atom. The summed E-state index contributed by atoms with van der Waals surface area (Å²) in [6.07, 6.45) is 0.761. The van der Waals surface area contributed by atoms with Crippen molar-refractivity contribution in [2.45, 2.75) is 19.8 Å². The molecule has 0 aliphatic carbocycles. The molecule has 112 valence electrons. The predicted octanol–water partition coefficient (Wildman–Crippen LogP) is 2.66. The van der Waals surface area contributed by atoms with Gasteiger partial charge in [-0.1, -0.05) is 0 Å². The number of carbonyl (C=O) groups excluding carboxylic acids is 1. The van der Waals surface area contributed by atoms with Gasteiger partial charge in [-0.25, -0.2) is 0 Å². The van der Waals surface area contributed by atoms with Crippen molar-refractivity contribution in [2.24, 2.45) is 0 Å². The molecule has 2 N–H and O–H groups in total. The summed E-state index contributed by atoms with van der Waals surface area (Å²) in [6, 6.07) is 9.54. The molecule has 6 heteroatoms. The SMILES string of the molecule is CC1=C(C#N)C(c2n[nH]c3ccc(C=O)cc23)C(C#N)=C(C)N1. The molecule has 1 aliphatic heterocycles. The van der Waals surface area contributed by atoms with E-state index in [0.717, 1.165) is 17.2 Å². The molecule has 0 amide bonds. The van der Waals surface area contributed by atoms with Crippen LogP contribution in [-0.2, 0) is 0 Å². The van der Waals surface area contributed by atoms with Gasteiger partial charge in [0.25, 0.3) is 0 Å². The fourth-order valence-electron chi connectivity index (χ4n) is 2.91. The number of nitrogens with zero attached hydrogens (tertiary/aromatic N) is 3. The molecule has 6 nitrogen and oxygen atoms in total. The largest absolute Gasteiger partial charge is 0.361 e. The minimum atomic E-state index is -0.540. The number of aldehydes is 1. The van der Waals surface area contributed by atoms with E-state index in [-0.39, 0.29) is 0 Å². The number of carbonyl (C=O) groups is 1. The minimum absolute atomic E-state index is 0.456. The number of dihydropyridines is 1. The first-order chi connectivity index (χ1) is 11.1. The summed E-state index contributed by atoms with van der Waals surface area (Å²) in [6.45, 7) is 3.60. The van der Waals surface area contributed by atoms with Gasteiger partial charge in [-0.05, 0) is 32.0 Å². The van der Waals surface area contributed by atoms with Crippen LogP contribution in [0.4, 0.5) is 0 Å². The average Bonchev–Trinajstić information content (AvgIpc) is 2.96. The van der Waals surface area contributed by atoms with Crippen molar-refractivity contribution in [1.29, 1.82) is 10.5 Å². The average molecular weight is 303 g/mol. The van der Waals surface area contributed by atoms with Gasteiger partial charge in [0, 0.05) is 22.3 Å². The molecule has 0 spiro atoms. The third kappa shape index (κ3) is 2.18. The van der Waals surface area contributed by atoms with Crippen LogP contribution in [0.2, 0.25) is 0 Å². The molecule has 0 saturated carbocycles. The zero-order valence-electron chi connectivity index (χ0n) is 12.6. The lowest BCUT2D eigenvalue weighted by atomic mass is 9.83. The molecule has 0 radical (unpaired) electrons. The van der Waals surface area contributed by atoms with Crippen molar-refractivity contribution in [3.05, 3.63) is 52.0 Å². The highest BCUT2D eigenvalue weighted by molar-refractivity contribution is 5.89. The van der Waals surface area contributed by atoms with E-state index in [1.54, 1.807) is 32.0 Å². The predicted molar refractivity (Wildman–Crippen MR) is 84.0 cm³/mol. The number of fused-ring (bicyclic) bond motifs is 1. The third-order valence-electron chi connectivity index (χ3n) is 4.03. The molecule has 23 heavy (non-hydrogen) atoms. The molecule has 1 aromatic carbocycles. The number of H-pyrrole nitrogens is 1. The Bertz CT molecular complexity index is 929. The summed E-state index contributed by atoms with van der Waals surface area (Å²) in [5.41, 5.74) is 4.18. The summed E-state index contributed by atoms with van der Waals surface area (Å²) in [4.78, 5) is 11.0. The second-order valence-electron chi connectivity index (χ2n) is 5.39. The monoisotopic (exact) mass is 303 g/mol. The Labute approximate surface area is 132 Å². The molecule has 0 saturated heterocycles. The molecule has 2 heterocycles. The standard InChI is InChI=1S/C17H13N5O/c1-9-13(6-18)16(14(7-19)10(2)20-9)17-12-5-11(8-23)3-4-15(12)21-22-17/h3-5,8,16,20H,1-2H3,(H,21,22). The van der Waals surface area contributed by atoms with Gasteiger partial charge in [-0.2, -0.15) is 15.6 Å². The van der Waals surface area contributed by atoms with Gasteiger partial charge in [0.1, 0.15) is 6.29 Å². The highest BCUT2D eigenvalue weighted by Gasteiger charge is 2.32. The number of hydrogen-bond acceptors (Lipinski definition) is 5. The van der Waals surface area contributed by atoms with Crippen molar-refractivity contribution in [1.82, 2.24) is 15.5 Å². The molecule has 1 aliphatic rings. The Kier molecular flexibility index (Phi) is 3.44. The van der Waals surface area contributed by atoms with E-state index in [4.69, 9.17) is 0 Å². The van der Waals surface area contributed by atoms with Gasteiger partial charge in [0.2, 0.25) is 0 Å². The molecule has 3 rings (SSSR count). The van der Waals surface area contributed by atoms with Crippen LogP contribution in [0.5, 0.6) is 0 Å². The van der Waals surface area contributed by atoms with Crippen LogP contribution in [0.25, 0.3) is 10.9 Å². The summed E-state index contributed by atoms with van der Waals surface area (Å²) in [5.74, 6) is -0.540. The lowest BCUT2D eigenvalue weighted by Crippen LogP contribution is -2.23. The Balaban J connectivity index is 2.30. The van der Waals surface area contributed by atoms with Gasteiger partial charge in [-0.15, -0.1) is 0 Å². The van der Waals surface area contributed by atoms with E-state index in [9.17, 15) is 15.3 Å². The van der Waals surface area contributed by atoms with E-state index < -0.39 is 5.92 Å². The van der Waals surface area contributed by atoms with Gasteiger partial charge in [-0.3, -0.25) is 9.89 Å². The highest BCUT2D eigenvalue weighted by Crippen LogP contribution is 2.39. The summed E-state index contributed by atoms with van der Waals surface area (Å²) in [5, 5.41) is 30.1. The minimum Gasteiger partial charge on any atom is -0.361 e. The molecule has 0 fully saturated rings. The van der Waals surface area contributed by atoms with Gasteiger partial charge < -0.3 is 5.32 Å². The van der Waals surface area contributed by atoms with Crippen molar-refractivity contribution in [2.75, 3.05) is 0 Å². The number of nitrogens with one attached hydrogen (secondary N) is 2. The first kappa shape index (κ1) is 14.6. The van der Waals surface area contributed by atoms with E-state index in [0.29, 0.717) is 33.8 Å². The smallest absolute Gasteiger partial charge is 0.150 e. The van der Waals surface area contributed by atoms with E-state index in [2.05, 4.69) is 27.7 Å². The topological polar surface area (TPSA) is 105 Å². The fraction of sp³-hybridized carbons (Fsp3) is 0.176. The molecule has 0 bridgehead atoms. The van der Waals surface area contributed by atoms with Gasteiger partial charge in [0.05, 0.1) is 40.4 Å². The normalized spacial score (nSPS) is 15.3.